The Morgan fingerprint density at radius 3 is 2.38 bits per heavy atom. The van der Waals surface area contributed by atoms with Crippen molar-refractivity contribution in [2.24, 2.45) is 0 Å². The molecule has 0 aliphatic carbocycles. The number of hydrogen-bond donors (Lipinski definition) is 1. The van der Waals surface area contributed by atoms with E-state index in [1.165, 1.54) is 0 Å². The topological polar surface area (TPSA) is 61.0 Å². The Balaban J connectivity index is 0. The molecular weight excluding hydrogens is 128 g/mol. The minimum absolute atomic E-state index is 0. The summed E-state index contributed by atoms with van der Waals surface area (Å²) in [5.74, 6) is 0. The first kappa shape index (κ1) is 10.4. The molecule has 0 unspecified atom stereocenters. The van der Waals surface area contributed by atoms with Gasteiger partial charge in [0, 0.05) is 6.07 Å². The maximum atomic E-state index is 4.46. The van der Waals surface area contributed by atoms with Gasteiger partial charge in [-0.1, -0.05) is 5.16 Å². The molecule has 0 aliphatic rings. The molecule has 0 spiro atoms. The Labute approximate surface area is 54.1 Å². The van der Waals surface area contributed by atoms with Crippen LogP contribution in [0, 0.1) is 6.92 Å². The maximum absolute atomic E-state index is 4.46. The van der Waals surface area contributed by atoms with Crippen LogP contribution < -0.4 is 6.15 Å². The van der Waals surface area contributed by atoms with Crippen LogP contribution in [0.4, 0.5) is 0 Å². The Bertz CT molecular complexity index is 118. The highest BCUT2D eigenvalue weighted by Gasteiger charge is 1.77. The Morgan fingerprint density at radius 2 is 2.25 bits per heavy atom. The number of nitrogens with zero attached hydrogens (tertiary/aromatic N) is 1. The molecule has 1 aromatic rings. The smallest absolute Gasteiger partial charge is 0.124 e. The van der Waals surface area contributed by atoms with Crippen molar-refractivity contribution in [3.8, 4) is 0 Å². The summed E-state index contributed by atoms with van der Waals surface area (Å²) in [6.07, 6.45) is 1.55. The predicted molar refractivity (Wildman–Crippen MR) is 33.5 cm³/mol. The molecule has 0 saturated heterocycles. The van der Waals surface area contributed by atoms with Crippen molar-refractivity contribution >= 4 is 12.4 Å². The average molecular weight is 137 g/mol. The molecule has 0 saturated carbocycles. The molecule has 1 rings (SSSR count). The first-order chi connectivity index (χ1) is 2.89. The van der Waals surface area contributed by atoms with Gasteiger partial charge in [-0.25, -0.2) is 0 Å². The van der Waals surface area contributed by atoms with E-state index in [0.29, 0.717) is 0 Å². The fourth-order valence-electron chi connectivity index (χ4n) is 0.273. The fourth-order valence-corrected chi connectivity index (χ4v) is 0.273. The van der Waals surface area contributed by atoms with Gasteiger partial charge in [0.15, 0.2) is 0 Å². The largest absolute Gasteiger partial charge is 0.365 e. The van der Waals surface area contributed by atoms with Gasteiger partial charge in [-0.2, -0.15) is 0 Å². The van der Waals surface area contributed by atoms with Gasteiger partial charge >= 0.3 is 0 Å². The number of aryl methyl sites for hydroxylation is 1. The Hall–Kier alpha value is -0.540. The van der Waals surface area contributed by atoms with Gasteiger partial charge < -0.3 is 10.7 Å². The predicted octanol–water partition coefficient (Wildman–Crippen LogP) is 1.57. The normalized spacial score (nSPS) is 6.62. The van der Waals surface area contributed by atoms with E-state index in [9.17, 15) is 0 Å². The molecule has 0 amide bonds. The van der Waals surface area contributed by atoms with E-state index in [4.69, 9.17) is 0 Å². The van der Waals surface area contributed by atoms with E-state index < -0.39 is 0 Å². The van der Waals surface area contributed by atoms with Crippen LogP contribution in [0.15, 0.2) is 16.9 Å². The molecule has 0 bridgehead atoms. The van der Waals surface area contributed by atoms with E-state index in [2.05, 4.69) is 9.68 Å². The molecule has 4 heteroatoms. The average Bonchev–Trinajstić information content (AvgIpc) is 1.86. The summed E-state index contributed by atoms with van der Waals surface area (Å²) in [6, 6.07) is 1.81. The second kappa shape index (κ2) is 4.61. The van der Waals surface area contributed by atoms with Gasteiger partial charge in [0.1, 0.15) is 6.26 Å². The van der Waals surface area contributed by atoms with Gasteiger partial charge in [0.2, 0.25) is 0 Å². The van der Waals surface area contributed by atoms with Crippen molar-refractivity contribution in [2.75, 3.05) is 0 Å². The van der Waals surface area contributed by atoms with E-state index in [-0.39, 0.29) is 18.6 Å². The van der Waals surface area contributed by atoms with Crippen LogP contribution in [-0.2, 0) is 0 Å². The minimum Gasteiger partial charge on any atom is -0.365 e. The summed E-state index contributed by atoms with van der Waals surface area (Å²) in [7, 11) is 0. The lowest BCUT2D eigenvalue weighted by atomic mass is 10.5. The fraction of sp³-hybridized carbons (Fsp3) is 0.250. The lowest BCUT2D eigenvalue weighted by molar-refractivity contribution is 0.415. The third kappa shape index (κ3) is 2.60. The number of halogens is 1. The zero-order valence-electron chi connectivity index (χ0n) is 4.63. The SMILES string of the molecule is Cc1ccon1.Cl.N. The van der Waals surface area contributed by atoms with Crippen LogP contribution in [0.2, 0.25) is 0 Å². The molecule has 0 aliphatic heterocycles. The van der Waals surface area contributed by atoms with Crippen LogP contribution in [0.25, 0.3) is 0 Å². The first-order valence-electron chi connectivity index (χ1n) is 1.76. The molecule has 3 N–H and O–H groups in total. The number of rotatable bonds is 0. The zero-order chi connectivity index (χ0) is 4.41. The molecule has 0 atom stereocenters. The number of aromatic nitrogens is 1. The van der Waals surface area contributed by atoms with E-state index in [0.717, 1.165) is 5.69 Å². The van der Waals surface area contributed by atoms with Gasteiger partial charge in [-0.3, -0.25) is 0 Å². The van der Waals surface area contributed by atoms with E-state index in [1.54, 1.807) is 12.3 Å². The second-order valence-electron chi connectivity index (χ2n) is 1.14. The molecule has 0 radical (unpaired) electrons. The summed E-state index contributed by atoms with van der Waals surface area (Å²) in [5.41, 5.74) is 0.926. The lowest BCUT2D eigenvalue weighted by Gasteiger charge is -1.62. The van der Waals surface area contributed by atoms with Gasteiger partial charge in [0.05, 0.1) is 5.69 Å². The van der Waals surface area contributed by atoms with Crippen molar-refractivity contribution < 1.29 is 4.52 Å². The summed E-state index contributed by atoms with van der Waals surface area (Å²) in [6.45, 7) is 1.88. The van der Waals surface area contributed by atoms with E-state index >= 15 is 0 Å². The summed E-state index contributed by atoms with van der Waals surface area (Å²) in [5, 5.41) is 3.54. The van der Waals surface area contributed by atoms with Crippen molar-refractivity contribution in [3.05, 3.63) is 18.0 Å². The molecule has 8 heavy (non-hydrogen) atoms. The van der Waals surface area contributed by atoms with Crippen molar-refractivity contribution in [2.45, 2.75) is 6.92 Å². The molecule has 48 valence electrons. The zero-order valence-corrected chi connectivity index (χ0v) is 5.44. The van der Waals surface area contributed by atoms with Crippen molar-refractivity contribution in [1.82, 2.24) is 11.3 Å². The van der Waals surface area contributed by atoms with Crippen LogP contribution in [0.1, 0.15) is 5.69 Å². The molecule has 1 heterocycles. The van der Waals surface area contributed by atoms with Gasteiger partial charge in [-0.05, 0) is 6.92 Å². The van der Waals surface area contributed by atoms with Crippen molar-refractivity contribution in [3.63, 3.8) is 0 Å². The lowest BCUT2D eigenvalue weighted by Crippen LogP contribution is -1.59. The van der Waals surface area contributed by atoms with Crippen molar-refractivity contribution in [1.29, 1.82) is 0 Å². The van der Waals surface area contributed by atoms with Gasteiger partial charge in [-0.15, -0.1) is 12.4 Å². The Kier molecular flexibility index (Phi) is 6.02. The van der Waals surface area contributed by atoms with Crippen LogP contribution in [-0.4, -0.2) is 5.16 Å². The molecular formula is C4H9ClN2O. The third-order valence-corrected chi connectivity index (χ3v) is 0.567. The van der Waals surface area contributed by atoms with Crippen LogP contribution in [0.3, 0.4) is 0 Å². The minimum atomic E-state index is 0. The highest BCUT2D eigenvalue weighted by atomic mass is 35.5. The molecule has 1 aromatic heterocycles. The molecule has 3 nitrogen and oxygen atoms in total. The maximum Gasteiger partial charge on any atom is 0.124 e. The Morgan fingerprint density at radius 1 is 1.62 bits per heavy atom. The van der Waals surface area contributed by atoms with Gasteiger partial charge in [0.25, 0.3) is 0 Å². The molecule has 0 aromatic carbocycles. The van der Waals surface area contributed by atoms with Crippen LogP contribution in [0.5, 0.6) is 0 Å². The van der Waals surface area contributed by atoms with Crippen LogP contribution >= 0.6 is 12.4 Å². The van der Waals surface area contributed by atoms with E-state index in [1.807, 2.05) is 6.92 Å². The highest BCUT2D eigenvalue weighted by Crippen LogP contribution is 1.86. The standard InChI is InChI=1S/C4H5NO.ClH.H3N/c1-4-2-3-6-5-4;;/h2-3H,1H3;1H;1H3. The molecule has 0 fully saturated rings. The quantitative estimate of drug-likeness (QED) is 0.589. The third-order valence-electron chi connectivity index (χ3n) is 0.567. The second-order valence-corrected chi connectivity index (χ2v) is 1.14. The first-order valence-corrected chi connectivity index (χ1v) is 1.76. The number of hydrogen-bond acceptors (Lipinski definition) is 3. The summed E-state index contributed by atoms with van der Waals surface area (Å²) < 4.78 is 4.46. The summed E-state index contributed by atoms with van der Waals surface area (Å²) >= 11 is 0. The summed E-state index contributed by atoms with van der Waals surface area (Å²) in [4.78, 5) is 0. The highest BCUT2D eigenvalue weighted by molar-refractivity contribution is 5.85. The monoisotopic (exact) mass is 136 g/mol.